The normalized spacial score (nSPS) is 14.3. The van der Waals surface area contributed by atoms with Gasteiger partial charge in [-0.25, -0.2) is 9.07 Å². The van der Waals surface area contributed by atoms with Gasteiger partial charge in [-0.3, -0.25) is 4.79 Å². The Hall–Kier alpha value is -1.72. The number of rotatable bonds is 6. The highest BCUT2D eigenvalue weighted by Crippen LogP contribution is 2.38. The van der Waals surface area contributed by atoms with Crippen molar-refractivity contribution in [3.05, 3.63) is 55.7 Å². The molecule has 11 heteroatoms. The summed E-state index contributed by atoms with van der Waals surface area (Å²) in [6.45, 7) is 6.41. The Bertz CT molecular complexity index is 1000. The maximum Gasteiger partial charge on any atom is 0.423 e. The van der Waals surface area contributed by atoms with Gasteiger partial charge in [0.1, 0.15) is 18.1 Å². The molecule has 0 saturated carbocycles. The van der Waals surface area contributed by atoms with E-state index in [1.807, 2.05) is 0 Å². The highest BCUT2D eigenvalue weighted by molar-refractivity contribution is 9.10. The first-order chi connectivity index (χ1) is 13.9. The number of nitrogens with zero attached hydrogens (tertiary/aromatic N) is 3. The van der Waals surface area contributed by atoms with Crippen LogP contribution in [-0.2, 0) is 30.7 Å². The quantitative estimate of drug-likeness (QED) is 0.313. The Kier molecular flexibility index (Phi) is 6.45. The number of hydrogen-bond acceptors (Lipinski definition) is 4. The zero-order valence-corrected chi connectivity index (χ0v) is 19.4. The fourth-order valence-electron chi connectivity index (χ4n) is 3.21. The van der Waals surface area contributed by atoms with Crippen molar-refractivity contribution in [1.29, 1.82) is 0 Å². The fourth-order valence-corrected chi connectivity index (χ4v) is 4.44. The molecule has 0 spiro atoms. The summed E-state index contributed by atoms with van der Waals surface area (Å²) < 4.78 is 62.1. The second kappa shape index (κ2) is 8.43. The molecular formula is C19H22BrF4N3O2Si. The molecule has 0 amide bonds. The third-order valence-corrected chi connectivity index (χ3v) is 6.98. The van der Waals surface area contributed by atoms with Gasteiger partial charge in [0, 0.05) is 37.8 Å². The largest absolute Gasteiger partial charge is 0.423 e. The van der Waals surface area contributed by atoms with E-state index in [9.17, 15) is 22.4 Å². The molecule has 0 aliphatic carbocycles. The SMILES string of the molecule is C[Si](C)(C)CCOCn1ncc(N2Cc3cc(Br)cc(F)c3C2)c(C(F)(F)F)c1=O. The van der Waals surface area contributed by atoms with Crippen LogP contribution in [0.2, 0.25) is 25.7 Å². The van der Waals surface area contributed by atoms with Crippen molar-refractivity contribution in [1.82, 2.24) is 9.78 Å². The van der Waals surface area contributed by atoms with Gasteiger partial charge in [0.25, 0.3) is 5.56 Å². The molecule has 0 radical (unpaired) electrons. The zero-order valence-electron chi connectivity index (χ0n) is 16.8. The number of benzene rings is 1. The topological polar surface area (TPSA) is 47.4 Å². The summed E-state index contributed by atoms with van der Waals surface area (Å²) in [5.41, 5.74) is -2.08. The molecule has 1 aliphatic heterocycles. The van der Waals surface area contributed by atoms with Gasteiger partial charge in [0.05, 0.1) is 11.9 Å². The molecule has 3 rings (SSSR count). The summed E-state index contributed by atoms with van der Waals surface area (Å²) in [6, 6.07) is 3.74. The van der Waals surface area contributed by atoms with E-state index < -0.39 is 31.2 Å². The van der Waals surface area contributed by atoms with E-state index >= 15 is 0 Å². The molecule has 0 N–H and O–H groups in total. The first-order valence-electron chi connectivity index (χ1n) is 9.33. The van der Waals surface area contributed by atoms with Crippen LogP contribution in [0.15, 0.2) is 27.6 Å². The number of fused-ring (bicyclic) bond motifs is 1. The van der Waals surface area contributed by atoms with Gasteiger partial charge in [-0.1, -0.05) is 35.6 Å². The van der Waals surface area contributed by atoms with E-state index in [2.05, 4.69) is 40.7 Å². The monoisotopic (exact) mass is 507 g/mol. The Balaban J connectivity index is 1.88. The van der Waals surface area contributed by atoms with E-state index in [0.29, 0.717) is 26.9 Å². The Labute approximate surface area is 180 Å². The van der Waals surface area contributed by atoms with E-state index in [4.69, 9.17) is 4.74 Å². The van der Waals surface area contributed by atoms with Crippen LogP contribution in [0.1, 0.15) is 16.7 Å². The van der Waals surface area contributed by atoms with Crippen molar-refractivity contribution in [3.8, 4) is 0 Å². The van der Waals surface area contributed by atoms with E-state index in [1.165, 1.54) is 11.0 Å². The van der Waals surface area contributed by atoms with E-state index in [-0.39, 0.29) is 25.5 Å². The number of anilines is 1. The van der Waals surface area contributed by atoms with Crippen LogP contribution in [-0.4, -0.2) is 24.5 Å². The van der Waals surface area contributed by atoms with Gasteiger partial charge >= 0.3 is 6.18 Å². The second-order valence-corrected chi connectivity index (χ2v) is 15.0. The Morgan fingerprint density at radius 1 is 1.23 bits per heavy atom. The summed E-state index contributed by atoms with van der Waals surface area (Å²) in [5.74, 6) is -0.507. The molecule has 0 saturated heterocycles. The smallest absolute Gasteiger partial charge is 0.361 e. The lowest BCUT2D eigenvalue weighted by Crippen LogP contribution is -2.34. The molecule has 0 fully saturated rings. The molecular weight excluding hydrogens is 486 g/mol. The number of alkyl halides is 3. The van der Waals surface area contributed by atoms with Crippen LogP contribution in [0.5, 0.6) is 0 Å². The van der Waals surface area contributed by atoms with Crippen LogP contribution >= 0.6 is 15.9 Å². The lowest BCUT2D eigenvalue weighted by molar-refractivity contribution is -0.138. The second-order valence-electron chi connectivity index (χ2n) is 8.44. The minimum Gasteiger partial charge on any atom is -0.361 e. The summed E-state index contributed by atoms with van der Waals surface area (Å²) in [4.78, 5) is 13.9. The summed E-state index contributed by atoms with van der Waals surface area (Å²) in [7, 11) is -1.37. The molecule has 0 unspecified atom stereocenters. The van der Waals surface area contributed by atoms with Crippen molar-refractivity contribution in [2.45, 2.75) is 51.7 Å². The molecule has 5 nitrogen and oxygen atoms in total. The highest BCUT2D eigenvalue weighted by atomic mass is 79.9. The Morgan fingerprint density at radius 3 is 2.57 bits per heavy atom. The third kappa shape index (κ3) is 5.12. The average Bonchev–Trinajstić information content (AvgIpc) is 3.01. The van der Waals surface area contributed by atoms with Crippen molar-refractivity contribution < 1.29 is 22.3 Å². The fraction of sp³-hybridized carbons (Fsp3) is 0.474. The maximum atomic E-state index is 14.2. The molecule has 30 heavy (non-hydrogen) atoms. The van der Waals surface area contributed by atoms with Crippen molar-refractivity contribution >= 4 is 29.7 Å². The van der Waals surface area contributed by atoms with Gasteiger partial charge in [-0.05, 0) is 23.7 Å². The molecule has 0 atom stereocenters. The van der Waals surface area contributed by atoms with Crippen LogP contribution in [0.3, 0.4) is 0 Å². The van der Waals surface area contributed by atoms with Gasteiger partial charge in [0.15, 0.2) is 0 Å². The molecule has 1 aromatic carbocycles. The van der Waals surface area contributed by atoms with Crippen molar-refractivity contribution in [2.75, 3.05) is 11.5 Å². The number of hydrogen-bond donors (Lipinski definition) is 0. The molecule has 0 bridgehead atoms. The van der Waals surface area contributed by atoms with Crippen LogP contribution in [0, 0.1) is 5.82 Å². The lowest BCUT2D eigenvalue weighted by atomic mass is 10.1. The van der Waals surface area contributed by atoms with Gasteiger partial charge in [0.2, 0.25) is 0 Å². The van der Waals surface area contributed by atoms with E-state index in [0.717, 1.165) is 12.2 Å². The van der Waals surface area contributed by atoms with Crippen LogP contribution in [0.25, 0.3) is 0 Å². The standard InChI is InChI=1S/C19H22BrF4N3O2Si/c1-30(2,3)5-4-29-11-27-18(28)17(19(22,23)24)16(8-25-27)26-9-12-6-13(20)7-15(21)14(12)10-26/h6-8H,4-5,9-11H2,1-3H3. The summed E-state index contributed by atoms with van der Waals surface area (Å²) in [6.07, 6.45) is -3.88. The minimum atomic E-state index is -4.89. The molecule has 164 valence electrons. The van der Waals surface area contributed by atoms with Gasteiger partial charge < -0.3 is 9.64 Å². The maximum absolute atomic E-state index is 14.2. The van der Waals surface area contributed by atoms with Gasteiger partial charge in [-0.15, -0.1) is 0 Å². The molecule has 1 aliphatic rings. The minimum absolute atomic E-state index is 0.0482. The first-order valence-corrected chi connectivity index (χ1v) is 13.8. The van der Waals surface area contributed by atoms with Crippen molar-refractivity contribution in [2.24, 2.45) is 0 Å². The summed E-state index contributed by atoms with van der Waals surface area (Å²) in [5, 5.41) is 3.88. The van der Waals surface area contributed by atoms with Crippen LogP contribution < -0.4 is 10.5 Å². The highest BCUT2D eigenvalue weighted by Gasteiger charge is 2.40. The average molecular weight is 508 g/mol. The third-order valence-electron chi connectivity index (χ3n) is 4.82. The van der Waals surface area contributed by atoms with Crippen molar-refractivity contribution in [3.63, 3.8) is 0 Å². The lowest BCUT2D eigenvalue weighted by Gasteiger charge is -2.22. The van der Waals surface area contributed by atoms with Crippen LogP contribution in [0.4, 0.5) is 23.2 Å². The number of aromatic nitrogens is 2. The predicted molar refractivity (Wildman–Crippen MR) is 112 cm³/mol. The number of halogens is 5. The molecule has 1 aromatic heterocycles. The zero-order chi connectivity index (χ0) is 22.3. The number of ether oxygens (including phenoxy) is 1. The predicted octanol–water partition coefficient (Wildman–Crippen LogP) is 5.00. The Morgan fingerprint density at radius 2 is 1.93 bits per heavy atom. The molecule has 2 heterocycles. The van der Waals surface area contributed by atoms with E-state index in [1.54, 1.807) is 6.07 Å². The summed E-state index contributed by atoms with van der Waals surface area (Å²) >= 11 is 3.19. The molecule has 2 aromatic rings. The first kappa shape index (κ1) is 23.0. The van der Waals surface area contributed by atoms with Gasteiger partial charge in [-0.2, -0.15) is 18.3 Å².